The van der Waals surface area contributed by atoms with Gasteiger partial charge < -0.3 is 20.6 Å². The molecule has 1 aliphatic rings. The van der Waals surface area contributed by atoms with Crippen molar-refractivity contribution in [3.63, 3.8) is 0 Å². The molecule has 6 nitrogen and oxygen atoms in total. The molecule has 3 N–H and O–H groups in total. The summed E-state index contributed by atoms with van der Waals surface area (Å²) >= 11 is 0. The Morgan fingerprint density at radius 3 is 2.70 bits per heavy atom. The maximum atomic E-state index is 11.4. The third-order valence-corrected chi connectivity index (χ3v) is 3.76. The van der Waals surface area contributed by atoms with Gasteiger partial charge in [-0.15, -0.1) is 0 Å². The van der Waals surface area contributed by atoms with Crippen molar-refractivity contribution in [2.75, 3.05) is 30.3 Å². The Morgan fingerprint density at radius 1 is 1.45 bits per heavy atom. The van der Waals surface area contributed by atoms with Crippen LogP contribution in [0.15, 0.2) is 18.3 Å². The van der Waals surface area contributed by atoms with E-state index >= 15 is 0 Å². The molecule has 0 bridgehead atoms. The van der Waals surface area contributed by atoms with E-state index in [1.54, 1.807) is 11.1 Å². The molecular weight excluding hydrogens is 256 g/mol. The van der Waals surface area contributed by atoms with Crippen LogP contribution in [-0.4, -0.2) is 46.8 Å². The minimum atomic E-state index is -0.848. The molecule has 110 valence electrons. The Bertz CT molecular complexity index is 498. The molecule has 1 aliphatic heterocycles. The van der Waals surface area contributed by atoms with Crippen LogP contribution >= 0.6 is 0 Å². The minimum absolute atomic E-state index is 0.0526. The predicted octanol–water partition coefficient (Wildman–Crippen LogP) is 1.88. The normalized spacial score (nSPS) is 20.1. The van der Waals surface area contributed by atoms with E-state index in [9.17, 15) is 9.90 Å². The topological polar surface area (TPSA) is 82.7 Å². The van der Waals surface area contributed by atoms with E-state index in [1.807, 2.05) is 12.1 Å². The number of carboxylic acid groups (broad SMARTS) is 1. The van der Waals surface area contributed by atoms with Gasteiger partial charge in [0.15, 0.2) is 0 Å². The van der Waals surface area contributed by atoms with Gasteiger partial charge in [0.05, 0.1) is 6.04 Å². The third-order valence-electron chi connectivity index (χ3n) is 3.76. The van der Waals surface area contributed by atoms with Crippen LogP contribution in [0.5, 0.6) is 0 Å². The second-order valence-corrected chi connectivity index (χ2v) is 6.24. The first-order chi connectivity index (χ1) is 9.29. The summed E-state index contributed by atoms with van der Waals surface area (Å²) in [4.78, 5) is 19.1. The van der Waals surface area contributed by atoms with Gasteiger partial charge in [0.1, 0.15) is 5.82 Å². The summed E-state index contributed by atoms with van der Waals surface area (Å²) in [5, 5.41) is 9.35. The van der Waals surface area contributed by atoms with Crippen LogP contribution in [0.4, 0.5) is 16.3 Å². The van der Waals surface area contributed by atoms with Crippen LogP contribution in [-0.2, 0) is 0 Å². The first-order valence-electron chi connectivity index (χ1n) is 6.75. The van der Waals surface area contributed by atoms with Crippen molar-refractivity contribution < 1.29 is 9.90 Å². The molecule has 2 rings (SSSR count). The number of amides is 1. The quantitative estimate of drug-likeness (QED) is 0.819. The molecule has 0 saturated carbocycles. The van der Waals surface area contributed by atoms with Crippen molar-refractivity contribution in [1.29, 1.82) is 0 Å². The molecule has 0 spiro atoms. The zero-order chi connectivity index (χ0) is 14.9. The maximum Gasteiger partial charge on any atom is 0.407 e. The third kappa shape index (κ3) is 2.95. The summed E-state index contributed by atoms with van der Waals surface area (Å²) < 4.78 is 0. The highest BCUT2D eigenvalue weighted by molar-refractivity contribution is 5.66. The molecule has 1 aromatic rings. The second-order valence-electron chi connectivity index (χ2n) is 6.24. The van der Waals surface area contributed by atoms with E-state index in [0.29, 0.717) is 25.5 Å². The lowest BCUT2D eigenvalue weighted by Gasteiger charge is -2.46. The molecule has 0 aromatic carbocycles. The highest BCUT2D eigenvalue weighted by Gasteiger charge is 2.38. The fourth-order valence-electron chi connectivity index (χ4n) is 2.62. The lowest BCUT2D eigenvalue weighted by molar-refractivity contribution is 0.0748. The number of carbonyl (C=O) groups is 1. The summed E-state index contributed by atoms with van der Waals surface area (Å²) in [5.74, 6) is 0.482. The molecule has 0 aliphatic carbocycles. The fraction of sp³-hybridized carbons (Fsp3) is 0.571. The Morgan fingerprint density at radius 2 is 2.15 bits per heavy atom. The van der Waals surface area contributed by atoms with E-state index in [0.717, 1.165) is 5.69 Å². The van der Waals surface area contributed by atoms with Gasteiger partial charge in [0, 0.05) is 37.6 Å². The van der Waals surface area contributed by atoms with Gasteiger partial charge in [-0.05, 0) is 11.5 Å². The molecule has 1 fully saturated rings. The van der Waals surface area contributed by atoms with Gasteiger partial charge in [0.25, 0.3) is 0 Å². The molecule has 6 heteroatoms. The summed E-state index contributed by atoms with van der Waals surface area (Å²) in [6, 6.07) is 3.69. The number of piperazine rings is 1. The molecule has 0 radical (unpaired) electrons. The first-order valence-corrected chi connectivity index (χ1v) is 6.75. The van der Waals surface area contributed by atoms with E-state index in [4.69, 9.17) is 5.73 Å². The number of pyridine rings is 1. The van der Waals surface area contributed by atoms with Gasteiger partial charge in [-0.1, -0.05) is 20.8 Å². The minimum Gasteiger partial charge on any atom is -0.465 e. The summed E-state index contributed by atoms with van der Waals surface area (Å²) in [7, 11) is 0. The lowest BCUT2D eigenvalue weighted by atomic mass is 9.84. The Kier molecular flexibility index (Phi) is 3.74. The SMILES string of the molecule is CC(C)(C)C1CN(c2ccnc(N)c2)CCN1C(=O)O. The second kappa shape index (κ2) is 5.19. The Hall–Kier alpha value is -1.98. The van der Waals surface area contributed by atoms with Crippen LogP contribution in [0, 0.1) is 5.41 Å². The molecule has 1 amide bonds. The molecule has 2 heterocycles. The average molecular weight is 278 g/mol. The van der Waals surface area contributed by atoms with Crippen molar-refractivity contribution >= 4 is 17.6 Å². The van der Waals surface area contributed by atoms with Crippen LogP contribution < -0.4 is 10.6 Å². The number of nitrogens with zero attached hydrogens (tertiary/aromatic N) is 3. The van der Waals surface area contributed by atoms with Crippen molar-refractivity contribution in [2.24, 2.45) is 5.41 Å². The number of rotatable bonds is 1. The van der Waals surface area contributed by atoms with Gasteiger partial charge in [-0.2, -0.15) is 0 Å². The van der Waals surface area contributed by atoms with Crippen molar-refractivity contribution in [1.82, 2.24) is 9.88 Å². The van der Waals surface area contributed by atoms with Gasteiger partial charge in [-0.25, -0.2) is 9.78 Å². The Balaban J connectivity index is 2.23. The van der Waals surface area contributed by atoms with E-state index in [-0.39, 0.29) is 11.5 Å². The zero-order valence-electron chi connectivity index (χ0n) is 12.2. The maximum absolute atomic E-state index is 11.4. The van der Waals surface area contributed by atoms with Crippen molar-refractivity contribution in [3.05, 3.63) is 18.3 Å². The fourth-order valence-corrected chi connectivity index (χ4v) is 2.62. The van der Waals surface area contributed by atoms with E-state index in [1.165, 1.54) is 0 Å². The van der Waals surface area contributed by atoms with E-state index in [2.05, 4.69) is 30.7 Å². The van der Waals surface area contributed by atoms with Gasteiger partial charge in [-0.3, -0.25) is 0 Å². The average Bonchev–Trinajstić information content (AvgIpc) is 2.37. The smallest absolute Gasteiger partial charge is 0.407 e. The van der Waals surface area contributed by atoms with E-state index < -0.39 is 6.09 Å². The number of hydrogen-bond donors (Lipinski definition) is 2. The Labute approximate surface area is 119 Å². The van der Waals surface area contributed by atoms with Crippen LogP contribution in [0.25, 0.3) is 0 Å². The first kappa shape index (κ1) is 14.4. The highest BCUT2D eigenvalue weighted by Crippen LogP contribution is 2.30. The molecular formula is C14H22N4O2. The van der Waals surface area contributed by atoms with Gasteiger partial charge in [0.2, 0.25) is 0 Å². The zero-order valence-corrected chi connectivity index (χ0v) is 12.2. The number of nitrogen functional groups attached to an aromatic ring is 1. The number of nitrogens with two attached hydrogens (primary N) is 1. The van der Waals surface area contributed by atoms with Gasteiger partial charge >= 0.3 is 6.09 Å². The molecule has 1 saturated heterocycles. The van der Waals surface area contributed by atoms with Crippen molar-refractivity contribution in [3.8, 4) is 0 Å². The monoisotopic (exact) mass is 278 g/mol. The van der Waals surface area contributed by atoms with Crippen molar-refractivity contribution in [2.45, 2.75) is 26.8 Å². The van der Waals surface area contributed by atoms with Crippen LogP contribution in [0.1, 0.15) is 20.8 Å². The predicted molar refractivity (Wildman–Crippen MR) is 78.8 cm³/mol. The largest absolute Gasteiger partial charge is 0.465 e. The number of hydrogen-bond acceptors (Lipinski definition) is 4. The molecule has 1 unspecified atom stereocenters. The lowest BCUT2D eigenvalue weighted by Crippen LogP contribution is -2.59. The molecule has 20 heavy (non-hydrogen) atoms. The standard InChI is InChI=1S/C14H22N4O2/c1-14(2,3)11-9-17(6-7-18(11)13(19)20)10-4-5-16-12(15)8-10/h4-5,8,11H,6-7,9H2,1-3H3,(H2,15,16)(H,19,20). The number of aromatic nitrogens is 1. The molecule has 1 aromatic heterocycles. The molecule has 1 atom stereocenters. The summed E-state index contributed by atoms with van der Waals surface area (Å²) in [5.41, 5.74) is 6.60. The summed E-state index contributed by atoms with van der Waals surface area (Å²) in [6.45, 7) is 8.04. The van der Waals surface area contributed by atoms with Crippen LogP contribution in [0.2, 0.25) is 0 Å². The highest BCUT2D eigenvalue weighted by atomic mass is 16.4. The van der Waals surface area contributed by atoms with Crippen LogP contribution in [0.3, 0.4) is 0 Å². The number of anilines is 2. The summed E-state index contributed by atoms with van der Waals surface area (Å²) in [6.07, 6.45) is 0.833.